The van der Waals surface area contributed by atoms with Crippen LogP contribution in [0.4, 0.5) is 0 Å². The lowest BCUT2D eigenvalue weighted by molar-refractivity contribution is -0.119. The van der Waals surface area contributed by atoms with Crippen LogP contribution in [0.3, 0.4) is 0 Å². The van der Waals surface area contributed by atoms with E-state index in [1.165, 1.54) is 37.5 Å². The van der Waals surface area contributed by atoms with Crippen molar-refractivity contribution in [3.8, 4) is 11.3 Å². The van der Waals surface area contributed by atoms with E-state index in [9.17, 15) is 4.79 Å². The van der Waals surface area contributed by atoms with Crippen LogP contribution in [0.5, 0.6) is 0 Å². The normalized spacial score (nSPS) is 16.0. The van der Waals surface area contributed by atoms with E-state index in [1.54, 1.807) is 6.33 Å². The van der Waals surface area contributed by atoms with Crippen molar-refractivity contribution < 1.29 is 4.79 Å². The topological polar surface area (TPSA) is 92.3 Å². The lowest BCUT2D eigenvalue weighted by atomic mass is 9.95. The third-order valence-electron chi connectivity index (χ3n) is 6.87. The van der Waals surface area contributed by atoms with E-state index < -0.39 is 0 Å². The largest absolute Gasteiger partial charge is 0.369 e. The molecule has 4 aromatic heterocycles. The van der Waals surface area contributed by atoms with E-state index in [2.05, 4.69) is 59.9 Å². The van der Waals surface area contributed by atoms with E-state index >= 15 is 0 Å². The van der Waals surface area contributed by atoms with Crippen LogP contribution in [-0.2, 0) is 4.79 Å². The Bertz CT molecular complexity index is 1310. The van der Waals surface area contributed by atoms with Crippen molar-refractivity contribution >= 4 is 33.1 Å². The minimum absolute atomic E-state index is 0.239. The molecule has 5 heterocycles. The van der Waals surface area contributed by atoms with E-state index in [0.717, 1.165) is 37.1 Å². The molecule has 0 aliphatic carbocycles. The van der Waals surface area contributed by atoms with Gasteiger partial charge in [-0.25, -0.2) is 9.50 Å². The number of aromatic amines is 1. The molecule has 4 aromatic rings. The van der Waals surface area contributed by atoms with Gasteiger partial charge in [0.05, 0.1) is 22.5 Å². The van der Waals surface area contributed by atoms with Crippen LogP contribution in [0, 0.1) is 13.8 Å². The number of piperidine rings is 1. The monoisotopic (exact) mass is 450 g/mol. The maximum absolute atomic E-state index is 11.2. The highest BCUT2D eigenvalue weighted by Crippen LogP contribution is 2.44. The van der Waals surface area contributed by atoms with Gasteiger partial charge in [-0.05, 0) is 74.4 Å². The minimum Gasteiger partial charge on any atom is -0.369 e. The van der Waals surface area contributed by atoms with Crippen LogP contribution in [0.2, 0.25) is 0 Å². The molecule has 1 aliphatic heterocycles. The van der Waals surface area contributed by atoms with Gasteiger partial charge in [0.15, 0.2) is 5.65 Å². The zero-order chi connectivity index (χ0) is 22.6. The zero-order valence-corrected chi connectivity index (χ0v) is 19.9. The Labute approximate surface area is 191 Å². The number of likely N-dealkylation sites (tertiary alicyclic amines) is 1. The van der Waals surface area contributed by atoms with E-state index in [0.29, 0.717) is 18.4 Å². The van der Waals surface area contributed by atoms with Gasteiger partial charge in [-0.1, -0.05) is 13.8 Å². The fourth-order valence-electron chi connectivity index (χ4n) is 5.03. The number of aromatic nitrogens is 4. The molecule has 0 radical (unpaired) electrons. The fourth-order valence-corrected chi connectivity index (χ4v) is 6.52. The first-order chi connectivity index (χ1) is 15.3. The summed E-state index contributed by atoms with van der Waals surface area (Å²) in [5.74, 6) is 0.703. The number of nitrogens with two attached hydrogens (primary N) is 1. The number of nitrogens with zero attached hydrogens (tertiary/aromatic N) is 4. The van der Waals surface area contributed by atoms with Crippen molar-refractivity contribution in [3.05, 3.63) is 40.2 Å². The molecule has 1 amide bonds. The number of aryl methyl sites for hydroxylation is 1. The van der Waals surface area contributed by atoms with Crippen LogP contribution in [0.25, 0.3) is 27.1 Å². The maximum atomic E-state index is 11.2. The Hall–Kier alpha value is -2.71. The average Bonchev–Trinajstić information content (AvgIpc) is 3.44. The number of pyridine rings is 1. The molecular weight excluding hydrogens is 420 g/mol. The first-order valence-electron chi connectivity index (χ1n) is 11.3. The minimum atomic E-state index is -0.239. The summed E-state index contributed by atoms with van der Waals surface area (Å²) in [6.07, 6.45) is 5.85. The third kappa shape index (κ3) is 3.51. The number of H-pyrrole nitrogens is 1. The molecule has 1 saturated heterocycles. The quantitative estimate of drug-likeness (QED) is 0.473. The van der Waals surface area contributed by atoms with Crippen LogP contribution < -0.4 is 5.73 Å². The van der Waals surface area contributed by atoms with E-state index in [4.69, 9.17) is 5.73 Å². The smallest absolute Gasteiger partial charge is 0.231 e. The number of hydrogen-bond acceptors (Lipinski definition) is 5. The van der Waals surface area contributed by atoms with Gasteiger partial charge in [-0.3, -0.25) is 9.69 Å². The third-order valence-corrected chi connectivity index (χ3v) is 8.20. The summed E-state index contributed by atoms with van der Waals surface area (Å²) >= 11 is 1.93. The molecule has 7 nitrogen and oxygen atoms in total. The van der Waals surface area contributed by atoms with E-state index in [1.807, 2.05) is 15.9 Å². The first kappa shape index (κ1) is 21.2. The SMILES string of the molecule is Cc1c(-c2[nH]c3cc(C4CCN(CC(N)=O)CC4)sc3c2C(C)C)cn2ncnc2c1C. The van der Waals surface area contributed by atoms with Crippen LogP contribution in [0.15, 0.2) is 18.6 Å². The van der Waals surface area contributed by atoms with Gasteiger partial charge in [0.2, 0.25) is 5.91 Å². The van der Waals surface area contributed by atoms with Crippen molar-refractivity contribution in [3.63, 3.8) is 0 Å². The Morgan fingerprint density at radius 1 is 1.28 bits per heavy atom. The van der Waals surface area contributed by atoms with Gasteiger partial charge < -0.3 is 10.7 Å². The molecule has 0 bridgehead atoms. The molecule has 168 valence electrons. The Kier molecular flexibility index (Phi) is 5.29. The predicted octanol–water partition coefficient (Wildman–Crippen LogP) is 4.34. The molecule has 1 fully saturated rings. The van der Waals surface area contributed by atoms with Gasteiger partial charge in [-0.2, -0.15) is 5.10 Å². The number of carbonyl (C=O) groups is 1. The highest BCUT2D eigenvalue weighted by Gasteiger charge is 2.26. The van der Waals surface area contributed by atoms with E-state index in [-0.39, 0.29) is 5.91 Å². The number of hydrogen-bond donors (Lipinski definition) is 2. The highest BCUT2D eigenvalue weighted by atomic mass is 32.1. The van der Waals surface area contributed by atoms with Gasteiger partial charge in [0.1, 0.15) is 6.33 Å². The summed E-state index contributed by atoms with van der Waals surface area (Å²) in [5, 5.41) is 4.38. The number of nitrogens with one attached hydrogen (secondary N) is 1. The molecule has 1 aliphatic rings. The van der Waals surface area contributed by atoms with Crippen molar-refractivity contribution in [1.29, 1.82) is 0 Å². The van der Waals surface area contributed by atoms with Crippen LogP contribution >= 0.6 is 11.3 Å². The molecule has 0 spiro atoms. The number of rotatable bonds is 5. The lowest BCUT2D eigenvalue weighted by Crippen LogP contribution is -2.38. The zero-order valence-electron chi connectivity index (χ0n) is 19.1. The molecule has 8 heteroatoms. The molecule has 0 unspecified atom stereocenters. The Morgan fingerprint density at radius 3 is 2.72 bits per heavy atom. The number of fused-ring (bicyclic) bond motifs is 2. The van der Waals surface area contributed by atoms with Gasteiger partial charge in [0.25, 0.3) is 0 Å². The Morgan fingerprint density at radius 2 is 2.03 bits per heavy atom. The Balaban J connectivity index is 1.52. The molecular formula is C24H30N6OS. The molecule has 0 aromatic carbocycles. The summed E-state index contributed by atoms with van der Waals surface area (Å²) in [4.78, 5) is 23.0. The summed E-state index contributed by atoms with van der Waals surface area (Å²) in [6, 6.07) is 2.35. The van der Waals surface area contributed by atoms with Gasteiger partial charge >= 0.3 is 0 Å². The molecule has 5 rings (SSSR count). The van der Waals surface area contributed by atoms with Gasteiger partial charge in [-0.15, -0.1) is 11.3 Å². The molecule has 32 heavy (non-hydrogen) atoms. The lowest BCUT2D eigenvalue weighted by Gasteiger charge is -2.30. The summed E-state index contributed by atoms with van der Waals surface area (Å²) in [5.41, 5.74) is 13.7. The number of amides is 1. The predicted molar refractivity (Wildman–Crippen MR) is 129 cm³/mol. The second kappa shape index (κ2) is 8.01. The van der Waals surface area contributed by atoms with Crippen molar-refractivity contribution in [2.75, 3.05) is 19.6 Å². The summed E-state index contributed by atoms with van der Waals surface area (Å²) < 4.78 is 3.24. The average molecular weight is 451 g/mol. The standard InChI is InChI=1S/C24H30N6OS/c1-13(2)21-22(17-10-30-24(26-12-27-30)15(4)14(17)3)28-18-9-19(32-23(18)21)16-5-7-29(8-6-16)11-20(25)31/h9-10,12-13,16,28H,5-8,11H2,1-4H3,(H2,25,31). The summed E-state index contributed by atoms with van der Waals surface area (Å²) in [7, 11) is 0. The first-order valence-corrected chi connectivity index (χ1v) is 12.1. The fraction of sp³-hybridized carbons (Fsp3) is 0.458. The van der Waals surface area contributed by atoms with Crippen molar-refractivity contribution in [2.45, 2.75) is 52.4 Å². The molecule has 0 atom stereocenters. The number of carbonyl (C=O) groups excluding carboxylic acids is 1. The highest BCUT2D eigenvalue weighted by molar-refractivity contribution is 7.19. The molecule has 3 N–H and O–H groups in total. The molecule has 0 saturated carbocycles. The second-order valence-electron chi connectivity index (χ2n) is 9.30. The summed E-state index contributed by atoms with van der Waals surface area (Å²) in [6.45, 7) is 11.0. The maximum Gasteiger partial charge on any atom is 0.231 e. The van der Waals surface area contributed by atoms with Crippen molar-refractivity contribution in [1.82, 2.24) is 24.5 Å². The number of thiophene rings is 1. The van der Waals surface area contributed by atoms with Crippen LogP contribution in [0.1, 0.15) is 60.1 Å². The van der Waals surface area contributed by atoms with Crippen molar-refractivity contribution in [2.24, 2.45) is 5.73 Å². The van der Waals surface area contributed by atoms with Crippen LogP contribution in [-0.4, -0.2) is 50.0 Å². The number of primary amides is 1. The van der Waals surface area contributed by atoms with Gasteiger partial charge in [0, 0.05) is 16.6 Å². The second-order valence-corrected chi connectivity index (χ2v) is 10.4.